The van der Waals surface area contributed by atoms with Crippen LogP contribution in [0.25, 0.3) is 0 Å². The predicted molar refractivity (Wildman–Crippen MR) is 62.0 cm³/mol. The van der Waals surface area contributed by atoms with E-state index in [4.69, 9.17) is 0 Å². The van der Waals surface area contributed by atoms with Gasteiger partial charge in [0.25, 0.3) is 5.69 Å². The maximum Gasteiger partial charge on any atom is 0.304 e. The van der Waals surface area contributed by atoms with E-state index in [-0.39, 0.29) is 12.4 Å². The van der Waals surface area contributed by atoms with Crippen LogP contribution in [-0.2, 0) is 9.53 Å². The summed E-state index contributed by atoms with van der Waals surface area (Å²) in [5, 5.41) is 19.3. The second kappa shape index (κ2) is 6.28. The van der Waals surface area contributed by atoms with Crippen molar-refractivity contribution in [1.82, 2.24) is 5.01 Å². The molecule has 0 N–H and O–H groups in total. The number of esters is 1. The van der Waals surface area contributed by atoms with E-state index < -0.39 is 10.9 Å². The molecule has 0 heterocycles. The minimum atomic E-state index is -0.492. The highest BCUT2D eigenvalue weighted by Gasteiger charge is 2.03. The molecule has 18 heavy (non-hydrogen) atoms. The second-order valence-electron chi connectivity index (χ2n) is 3.39. The first-order valence-corrected chi connectivity index (χ1v) is 4.99. The van der Waals surface area contributed by atoms with Crippen molar-refractivity contribution in [2.75, 3.05) is 13.8 Å². The summed E-state index contributed by atoms with van der Waals surface area (Å²) >= 11 is 0. The van der Waals surface area contributed by atoms with Gasteiger partial charge in [-0.05, 0) is 12.1 Å². The molecule has 0 unspecified atom stereocenters. The van der Waals surface area contributed by atoms with Gasteiger partial charge in [0.1, 0.15) is 0 Å². The van der Waals surface area contributed by atoms with E-state index >= 15 is 0 Å². The van der Waals surface area contributed by atoms with Crippen molar-refractivity contribution in [3.05, 3.63) is 34.4 Å². The molecule has 0 saturated carbocycles. The van der Waals surface area contributed by atoms with E-state index in [1.54, 1.807) is 7.05 Å². The average Bonchev–Trinajstić information content (AvgIpc) is 2.34. The van der Waals surface area contributed by atoms with Crippen molar-refractivity contribution < 1.29 is 14.5 Å². The van der Waals surface area contributed by atoms with Crippen LogP contribution >= 0.6 is 0 Å². The van der Waals surface area contributed by atoms with Gasteiger partial charge in [0, 0.05) is 26.1 Å². The fourth-order valence-electron chi connectivity index (χ4n) is 0.979. The van der Waals surface area contributed by atoms with Gasteiger partial charge in [-0.25, -0.2) is 5.01 Å². The van der Waals surface area contributed by atoms with Gasteiger partial charge in [-0.2, -0.15) is 0 Å². The number of benzene rings is 1. The summed E-state index contributed by atoms with van der Waals surface area (Å²) in [6, 6.07) is 5.61. The molecule has 0 bridgehead atoms. The smallest absolute Gasteiger partial charge is 0.304 e. The third-order valence-corrected chi connectivity index (χ3v) is 1.83. The number of hydrogen-bond donors (Lipinski definition) is 0. The number of nitro groups is 1. The molecule has 8 heteroatoms. The van der Waals surface area contributed by atoms with Gasteiger partial charge in [-0.1, -0.05) is 5.22 Å². The SMILES string of the molecule is CC(=O)OCN(C)/N=N/c1ccc([N+](=O)[O-])cc1. The van der Waals surface area contributed by atoms with Crippen LogP contribution in [0.1, 0.15) is 6.92 Å². The molecule has 96 valence electrons. The zero-order chi connectivity index (χ0) is 13.5. The molecule has 1 rings (SSSR count). The van der Waals surface area contributed by atoms with Crippen LogP contribution in [0.3, 0.4) is 0 Å². The first-order valence-electron chi connectivity index (χ1n) is 4.99. The third kappa shape index (κ3) is 4.56. The van der Waals surface area contributed by atoms with Crippen LogP contribution in [-0.4, -0.2) is 29.7 Å². The van der Waals surface area contributed by atoms with E-state index in [1.165, 1.54) is 36.2 Å². The Labute approximate surface area is 103 Å². The van der Waals surface area contributed by atoms with Gasteiger partial charge in [0.15, 0.2) is 6.73 Å². The standard InChI is InChI=1S/C10H12N4O4/c1-8(15)18-7-13(2)12-11-9-3-5-10(6-4-9)14(16)17/h3-6H,7H2,1-2H3/b12-11+. The Kier molecular flexibility index (Phi) is 4.73. The Hall–Kier alpha value is -2.51. The van der Waals surface area contributed by atoms with E-state index in [1.807, 2.05) is 0 Å². The molecule has 8 nitrogen and oxygen atoms in total. The molecular weight excluding hydrogens is 240 g/mol. The van der Waals surface area contributed by atoms with Crippen molar-refractivity contribution in [1.29, 1.82) is 0 Å². The van der Waals surface area contributed by atoms with E-state index in [0.717, 1.165) is 0 Å². The van der Waals surface area contributed by atoms with Crippen LogP contribution in [0.4, 0.5) is 11.4 Å². The van der Waals surface area contributed by atoms with Crippen LogP contribution in [0.5, 0.6) is 0 Å². The Morgan fingerprint density at radius 2 is 2.06 bits per heavy atom. The molecule has 0 spiro atoms. The number of hydrogen-bond acceptors (Lipinski definition) is 6. The lowest BCUT2D eigenvalue weighted by Gasteiger charge is -2.09. The van der Waals surface area contributed by atoms with Crippen molar-refractivity contribution in [3.8, 4) is 0 Å². The molecule has 1 aromatic carbocycles. The number of nitro benzene ring substituents is 1. The van der Waals surface area contributed by atoms with Crippen molar-refractivity contribution in [2.24, 2.45) is 10.3 Å². The Morgan fingerprint density at radius 3 is 2.56 bits per heavy atom. The van der Waals surface area contributed by atoms with Gasteiger partial charge in [0.05, 0.1) is 10.6 Å². The Balaban J connectivity index is 2.55. The second-order valence-corrected chi connectivity index (χ2v) is 3.39. The van der Waals surface area contributed by atoms with Crippen LogP contribution < -0.4 is 0 Å². The monoisotopic (exact) mass is 252 g/mol. The zero-order valence-corrected chi connectivity index (χ0v) is 9.94. The lowest BCUT2D eigenvalue weighted by molar-refractivity contribution is -0.384. The molecule has 0 fully saturated rings. The molecule has 0 aliphatic carbocycles. The largest absolute Gasteiger partial charge is 0.443 e. The molecule has 0 amide bonds. The molecule has 0 atom stereocenters. The summed E-state index contributed by atoms with van der Waals surface area (Å²) in [6.07, 6.45) is 0. The Bertz CT molecular complexity index is 457. The zero-order valence-electron chi connectivity index (χ0n) is 9.94. The molecule has 1 aromatic rings. The molecule has 0 aliphatic heterocycles. The van der Waals surface area contributed by atoms with E-state index in [9.17, 15) is 14.9 Å². The maximum absolute atomic E-state index is 10.5. The number of carbonyl (C=O) groups excluding carboxylic acids is 1. The predicted octanol–water partition coefficient (Wildman–Crippen LogP) is 2.05. The first-order chi connectivity index (χ1) is 8.49. The van der Waals surface area contributed by atoms with Gasteiger partial charge in [-0.15, -0.1) is 5.11 Å². The van der Waals surface area contributed by atoms with Gasteiger partial charge >= 0.3 is 5.97 Å². The van der Waals surface area contributed by atoms with Gasteiger partial charge in [-0.3, -0.25) is 14.9 Å². The number of carbonyl (C=O) groups is 1. The minimum Gasteiger partial charge on any atom is -0.443 e. The van der Waals surface area contributed by atoms with E-state index in [0.29, 0.717) is 5.69 Å². The molecular formula is C10H12N4O4. The summed E-state index contributed by atoms with van der Waals surface area (Å²) in [7, 11) is 1.58. The van der Waals surface area contributed by atoms with Crippen LogP contribution in [0.2, 0.25) is 0 Å². The summed E-state index contributed by atoms with van der Waals surface area (Å²) in [6.45, 7) is 1.28. The lowest BCUT2D eigenvalue weighted by atomic mass is 10.3. The van der Waals surface area contributed by atoms with Crippen molar-refractivity contribution >= 4 is 17.3 Å². The lowest BCUT2D eigenvalue weighted by Crippen LogP contribution is -2.16. The third-order valence-electron chi connectivity index (χ3n) is 1.83. The average molecular weight is 252 g/mol. The van der Waals surface area contributed by atoms with Gasteiger partial charge < -0.3 is 4.74 Å². The van der Waals surface area contributed by atoms with Crippen LogP contribution in [0.15, 0.2) is 34.6 Å². The van der Waals surface area contributed by atoms with Gasteiger partial charge in [0.2, 0.25) is 0 Å². The quantitative estimate of drug-likeness (QED) is 0.262. The number of non-ortho nitro benzene ring substituents is 1. The summed E-state index contributed by atoms with van der Waals surface area (Å²) < 4.78 is 4.69. The summed E-state index contributed by atoms with van der Waals surface area (Å²) in [4.78, 5) is 20.5. The molecule has 0 radical (unpaired) electrons. The fraction of sp³-hybridized carbons (Fsp3) is 0.300. The maximum atomic E-state index is 10.5. The van der Waals surface area contributed by atoms with E-state index in [2.05, 4.69) is 15.1 Å². The molecule has 0 aliphatic rings. The van der Waals surface area contributed by atoms with Crippen molar-refractivity contribution in [2.45, 2.75) is 6.92 Å². The Morgan fingerprint density at radius 1 is 1.44 bits per heavy atom. The van der Waals surface area contributed by atoms with Crippen LogP contribution in [0, 0.1) is 10.1 Å². The summed E-state index contributed by atoms with van der Waals surface area (Å²) in [5.41, 5.74) is 0.456. The highest BCUT2D eigenvalue weighted by atomic mass is 16.6. The number of nitrogens with zero attached hydrogens (tertiary/aromatic N) is 4. The van der Waals surface area contributed by atoms with Crippen molar-refractivity contribution in [3.63, 3.8) is 0 Å². The highest BCUT2D eigenvalue weighted by molar-refractivity contribution is 5.65. The normalized spacial score (nSPS) is 10.3. The first kappa shape index (κ1) is 13.6. The molecule has 0 saturated heterocycles. The minimum absolute atomic E-state index is 0.00812. The molecule has 0 aromatic heterocycles. The number of ether oxygens (including phenoxy) is 1. The summed E-state index contributed by atoms with van der Waals surface area (Å²) in [5.74, 6) is -0.410. The fourth-order valence-corrected chi connectivity index (χ4v) is 0.979. The topological polar surface area (TPSA) is 97.4 Å². The highest BCUT2D eigenvalue weighted by Crippen LogP contribution is 2.18. The number of rotatable bonds is 5.